The van der Waals surface area contributed by atoms with Crippen LogP contribution < -0.4 is 10.2 Å². The van der Waals surface area contributed by atoms with Crippen LogP contribution in [0.25, 0.3) is 0 Å². The number of nitrogens with zero attached hydrogens (tertiary/aromatic N) is 2. The minimum atomic E-state index is -0.138. The lowest BCUT2D eigenvalue weighted by Crippen LogP contribution is -2.36. The summed E-state index contributed by atoms with van der Waals surface area (Å²) < 4.78 is 5.36. The molecule has 1 saturated heterocycles. The van der Waals surface area contributed by atoms with Crippen LogP contribution in [0.15, 0.2) is 48.7 Å². The molecule has 0 spiro atoms. The van der Waals surface area contributed by atoms with Gasteiger partial charge < -0.3 is 15.0 Å². The third-order valence-corrected chi connectivity index (χ3v) is 5.30. The van der Waals surface area contributed by atoms with Crippen LogP contribution in [0.3, 0.4) is 0 Å². The number of ether oxygens (including phenoxy) is 1. The monoisotopic (exact) mass is 357 g/mol. The van der Waals surface area contributed by atoms with E-state index in [2.05, 4.69) is 27.3 Å². The molecule has 2 aromatic rings. The van der Waals surface area contributed by atoms with Crippen LogP contribution in [-0.4, -0.2) is 42.4 Å². The van der Waals surface area contributed by atoms with Crippen LogP contribution >= 0.6 is 11.8 Å². The zero-order valence-electron chi connectivity index (χ0n) is 14.4. The van der Waals surface area contributed by atoms with E-state index in [-0.39, 0.29) is 11.2 Å². The zero-order valence-corrected chi connectivity index (χ0v) is 15.2. The third kappa shape index (κ3) is 5.21. The second-order valence-electron chi connectivity index (χ2n) is 5.93. The normalized spacial score (nSPS) is 15.6. The van der Waals surface area contributed by atoms with Gasteiger partial charge in [0.1, 0.15) is 5.82 Å². The number of hydrogen-bond donors (Lipinski definition) is 1. The Balaban J connectivity index is 1.49. The van der Waals surface area contributed by atoms with E-state index in [0.717, 1.165) is 37.7 Å². The molecule has 1 amide bonds. The van der Waals surface area contributed by atoms with Crippen molar-refractivity contribution in [3.63, 3.8) is 0 Å². The molecule has 132 valence electrons. The van der Waals surface area contributed by atoms with Gasteiger partial charge in [-0.1, -0.05) is 30.3 Å². The van der Waals surface area contributed by atoms with E-state index in [9.17, 15) is 4.79 Å². The first-order chi connectivity index (χ1) is 12.2. The summed E-state index contributed by atoms with van der Waals surface area (Å²) in [6, 6.07) is 14.0. The molecule has 3 rings (SSSR count). The third-order valence-electron chi connectivity index (χ3n) is 4.09. The molecule has 1 aliphatic heterocycles. The van der Waals surface area contributed by atoms with Crippen LogP contribution in [-0.2, 0) is 15.3 Å². The van der Waals surface area contributed by atoms with Crippen LogP contribution in [0.1, 0.15) is 12.5 Å². The second-order valence-corrected chi connectivity index (χ2v) is 7.26. The summed E-state index contributed by atoms with van der Waals surface area (Å²) in [6.07, 6.45) is 1.81. The van der Waals surface area contributed by atoms with Gasteiger partial charge in [0.15, 0.2) is 0 Å². The highest BCUT2D eigenvalue weighted by Crippen LogP contribution is 2.20. The fourth-order valence-corrected chi connectivity index (χ4v) is 3.41. The maximum absolute atomic E-state index is 12.3. The Labute approximate surface area is 152 Å². The Bertz CT molecular complexity index is 673. The Morgan fingerprint density at radius 2 is 2.00 bits per heavy atom. The van der Waals surface area contributed by atoms with E-state index in [0.29, 0.717) is 5.82 Å². The molecule has 1 aromatic carbocycles. The van der Waals surface area contributed by atoms with E-state index < -0.39 is 0 Å². The predicted octanol–water partition coefficient (Wildman–Crippen LogP) is 3.18. The summed E-state index contributed by atoms with van der Waals surface area (Å²) in [5, 5.41) is 2.76. The lowest BCUT2D eigenvalue weighted by Gasteiger charge is -2.28. The Morgan fingerprint density at radius 3 is 2.68 bits per heavy atom. The molecule has 1 fully saturated rings. The Kier molecular flexibility index (Phi) is 6.30. The fourth-order valence-electron chi connectivity index (χ4n) is 2.57. The topological polar surface area (TPSA) is 54.5 Å². The number of rotatable bonds is 6. The molecule has 0 radical (unpaired) electrons. The molecular weight excluding hydrogens is 334 g/mol. The Morgan fingerprint density at radius 1 is 1.24 bits per heavy atom. The molecule has 1 N–H and O–H groups in total. The minimum Gasteiger partial charge on any atom is -0.378 e. The molecule has 6 heteroatoms. The fraction of sp³-hybridized carbons (Fsp3) is 0.368. The number of amides is 1. The van der Waals surface area contributed by atoms with Crippen LogP contribution in [0, 0.1) is 0 Å². The molecule has 1 atom stereocenters. The van der Waals surface area contributed by atoms with Gasteiger partial charge in [-0.3, -0.25) is 4.79 Å². The molecule has 0 bridgehead atoms. The van der Waals surface area contributed by atoms with Crippen molar-refractivity contribution in [2.45, 2.75) is 17.9 Å². The first kappa shape index (κ1) is 17.8. The van der Waals surface area contributed by atoms with Crippen molar-refractivity contribution >= 4 is 29.2 Å². The van der Waals surface area contributed by atoms with Crippen LogP contribution in [0.5, 0.6) is 0 Å². The molecule has 1 aliphatic rings. The number of nitrogens with one attached hydrogen (secondary N) is 1. The van der Waals surface area contributed by atoms with Gasteiger partial charge in [-0.05, 0) is 24.6 Å². The van der Waals surface area contributed by atoms with E-state index >= 15 is 0 Å². The number of pyridine rings is 1. The van der Waals surface area contributed by atoms with Gasteiger partial charge in [-0.25, -0.2) is 4.98 Å². The number of morpholine rings is 1. The summed E-state index contributed by atoms with van der Waals surface area (Å²) in [5.41, 5.74) is 2.29. The van der Waals surface area contributed by atoms with E-state index in [4.69, 9.17) is 4.74 Å². The highest BCUT2D eigenvalue weighted by molar-refractivity contribution is 7.99. The predicted molar refractivity (Wildman–Crippen MR) is 103 cm³/mol. The first-order valence-electron chi connectivity index (χ1n) is 8.47. The van der Waals surface area contributed by atoms with Crippen molar-refractivity contribution in [3.8, 4) is 0 Å². The van der Waals surface area contributed by atoms with Crippen molar-refractivity contribution in [1.29, 1.82) is 0 Å². The number of benzene rings is 1. The Hall–Kier alpha value is -2.05. The summed E-state index contributed by atoms with van der Waals surface area (Å²) in [4.78, 5) is 18.9. The number of anilines is 2. The van der Waals surface area contributed by atoms with Gasteiger partial charge >= 0.3 is 0 Å². The largest absolute Gasteiger partial charge is 0.378 e. The van der Waals surface area contributed by atoms with Gasteiger partial charge in [0.2, 0.25) is 5.91 Å². The van der Waals surface area contributed by atoms with Crippen LogP contribution in [0.4, 0.5) is 11.5 Å². The quantitative estimate of drug-likeness (QED) is 0.860. The smallest absolute Gasteiger partial charge is 0.238 e. The second kappa shape index (κ2) is 8.87. The molecule has 5 nitrogen and oxygen atoms in total. The number of hydrogen-bond acceptors (Lipinski definition) is 5. The number of aromatic nitrogens is 1. The maximum Gasteiger partial charge on any atom is 0.238 e. The highest BCUT2D eigenvalue weighted by Gasteiger charge is 2.15. The van der Waals surface area contributed by atoms with E-state index in [1.807, 2.05) is 43.5 Å². The lowest BCUT2D eigenvalue weighted by molar-refractivity contribution is -0.115. The van der Waals surface area contributed by atoms with Crippen LogP contribution in [0.2, 0.25) is 0 Å². The van der Waals surface area contributed by atoms with Crippen molar-refractivity contribution in [2.24, 2.45) is 0 Å². The van der Waals surface area contributed by atoms with E-state index in [1.165, 1.54) is 5.56 Å². The molecule has 25 heavy (non-hydrogen) atoms. The average Bonchev–Trinajstić information content (AvgIpc) is 2.68. The van der Waals surface area contributed by atoms with Gasteiger partial charge in [-0.2, -0.15) is 0 Å². The zero-order chi connectivity index (χ0) is 17.5. The lowest BCUT2D eigenvalue weighted by atomic mass is 10.2. The van der Waals surface area contributed by atoms with Crippen molar-refractivity contribution < 1.29 is 9.53 Å². The van der Waals surface area contributed by atoms with Crippen molar-refractivity contribution in [1.82, 2.24) is 4.98 Å². The molecule has 1 aromatic heterocycles. The molecule has 1 unspecified atom stereocenters. The van der Waals surface area contributed by atoms with Gasteiger partial charge in [0, 0.05) is 18.8 Å². The number of carbonyl (C=O) groups is 1. The first-order valence-corrected chi connectivity index (χ1v) is 9.52. The SMILES string of the molecule is CC(SCc1ccccc1)C(=O)Nc1ccc(N2CCOCC2)cn1. The number of thioether (sulfide) groups is 1. The summed E-state index contributed by atoms with van der Waals surface area (Å²) in [6.45, 7) is 5.16. The van der Waals surface area contributed by atoms with Gasteiger partial charge in [0.05, 0.1) is 30.3 Å². The van der Waals surface area contributed by atoms with Crippen molar-refractivity contribution in [3.05, 3.63) is 54.2 Å². The molecule has 2 heterocycles. The average molecular weight is 357 g/mol. The molecule has 0 aliphatic carbocycles. The maximum atomic E-state index is 12.3. The van der Waals surface area contributed by atoms with Crippen molar-refractivity contribution in [2.75, 3.05) is 36.5 Å². The molecular formula is C19H23N3O2S. The summed E-state index contributed by atoms with van der Waals surface area (Å²) in [7, 11) is 0. The standard InChI is InChI=1S/C19H23N3O2S/c1-15(25-14-16-5-3-2-4-6-16)19(23)21-18-8-7-17(13-20-18)22-9-11-24-12-10-22/h2-8,13,15H,9-12,14H2,1H3,(H,20,21,23). The van der Waals surface area contributed by atoms with Gasteiger partial charge in [-0.15, -0.1) is 11.8 Å². The summed E-state index contributed by atoms with van der Waals surface area (Å²) in [5.74, 6) is 1.39. The number of carbonyl (C=O) groups excluding carboxylic acids is 1. The van der Waals surface area contributed by atoms with E-state index in [1.54, 1.807) is 11.8 Å². The highest BCUT2D eigenvalue weighted by atomic mass is 32.2. The summed E-state index contributed by atoms with van der Waals surface area (Å²) >= 11 is 1.62. The minimum absolute atomic E-state index is 0.0208. The van der Waals surface area contributed by atoms with Gasteiger partial charge in [0.25, 0.3) is 0 Å². The molecule has 0 saturated carbocycles.